The van der Waals surface area contributed by atoms with Crippen LogP contribution in [0, 0.1) is 0 Å². The molecule has 23 nitrogen and oxygen atoms in total. The lowest BCUT2D eigenvalue weighted by atomic mass is 10.1. The van der Waals surface area contributed by atoms with E-state index in [2.05, 4.69) is 13.8 Å². The number of aliphatic hydroxyl groups excluding tert-OH is 10. The van der Waals surface area contributed by atoms with E-state index in [4.69, 9.17) is 57.2 Å². The van der Waals surface area contributed by atoms with Crippen LogP contribution in [0.2, 0.25) is 0 Å². The molecular weight excluding hydrogens is 945 g/mol. The Bertz CT molecular complexity index is 1180. The molecule has 0 aromatic rings. The Morgan fingerprint density at radius 1 is 0.310 bits per heavy atom. The van der Waals surface area contributed by atoms with Gasteiger partial charge in [0.05, 0.1) is 126 Å². The van der Waals surface area contributed by atoms with E-state index in [-0.39, 0.29) is 138 Å². The van der Waals surface area contributed by atoms with Crippen molar-refractivity contribution in [3.05, 3.63) is 0 Å². The topological polar surface area (TPSA) is 338 Å². The predicted molar refractivity (Wildman–Crippen MR) is 255 cm³/mol. The van der Waals surface area contributed by atoms with Crippen molar-refractivity contribution in [2.45, 2.75) is 165 Å². The molecule has 0 aliphatic carbocycles. The van der Waals surface area contributed by atoms with Crippen molar-refractivity contribution < 1.29 is 113 Å². The maximum atomic E-state index is 12.6. The fourth-order valence-electron chi connectivity index (χ4n) is 6.21. The van der Waals surface area contributed by atoms with E-state index < -0.39 is 73.6 Å². The minimum atomic E-state index is -1.10. The second-order valence-electron chi connectivity index (χ2n) is 17.7. The molecule has 0 heterocycles. The first-order chi connectivity index (χ1) is 34.2. The first-order valence-corrected chi connectivity index (χ1v) is 25.5. The van der Waals surface area contributed by atoms with E-state index in [9.17, 15) is 55.5 Å². The first kappa shape index (κ1) is 69.2. The Kier molecular flexibility index (Phi) is 47.8. The minimum absolute atomic E-state index is 0.130. The molecule has 10 atom stereocenters. The van der Waals surface area contributed by atoms with Crippen molar-refractivity contribution in [1.82, 2.24) is 0 Å². The van der Waals surface area contributed by atoms with Crippen molar-refractivity contribution >= 4 is 11.9 Å². The van der Waals surface area contributed by atoms with Gasteiger partial charge in [0.25, 0.3) is 0 Å². The number of carbonyl (C=O) groups excluding carboxylic acids is 2. The van der Waals surface area contributed by atoms with Gasteiger partial charge in [0.1, 0.15) is 67.6 Å². The summed E-state index contributed by atoms with van der Waals surface area (Å²) in [4.78, 5) is 24.5. The van der Waals surface area contributed by atoms with Gasteiger partial charge in [-0.3, -0.25) is 9.59 Å². The van der Waals surface area contributed by atoms with Gasteiger partial charge in [-0.15, -0.1) is 0 Å². The summed E-state index contributed by atoms with van der Waals surface area (Å²) in [5.74, 6) is -0.813. The van der Waals surface area contributed by atoms with E-state index in [1.807, 2.05) is 0 Å². The van der Waals surface area contributed by atoms with Crippen LogP contribution in [0.3, 0.4) is 0 Å². The number of rotatable bonds is 54. The van der Waals surface area contributed by atoms with Gasteiger partial charge in [-0.05, 0) is 12.8 Å². The van der Waals surface area contributed by atoms with E-state index in [1.165, 1.54) is 19.3 Å². The maximum Gasteiger partial charge on any atom is 0.306 e. The SMILES string of the molecule is CCCCCCCCCC(=O)OCC(O)COCC(O)COCC(O)COCC(COCC(O)COCC(O)COCC(O)COCC(O)COCC(O)COCC(O)CO)OC(=O)CCCCCCC. The van der Waals surface area contributed by atoms with Gasteiger partial charge in [-0.1, -0.05) is 78.1 Å². The van der Waals surface area contributed by atoms with Gasteiger partial charge < -0.3 is 103 Å². The fourth-order valence-corrected chi connectivity index (χ4v) is 6.21. The third-order valence-electron chi connectivity index (χ3n) is 9.99. The van der Waals surface area contributed by atoms with Crippen LogP contribution >= 0.6 is 0 Å². The Labute approximate surface area is 420 Å². The number of esters is 2. The quantitative estimate of drug-likeness (QED) is 0.0267. The monoisotopic (exact) mass is 1040 g/mol. The van der Waals surface area contributed by atoms with E-state index >= 15 is 0 Å². The normalized spacial score (nSPS) is 16.2. The summed E-state index contributed by atoms with van der Waals surface area (Å²) in [6, 6.07) is 0. The van der Waals surface area contributed by atoms with Crippen LogP contribution in [0.25, 0.3) is 0 Å². The van der Waals surface area contributed by atoms with Crippen molar-refractivity contribution in [1.29, 1.82) is 0 Å². The molecule has 0 aromatic heterocycles. The Balaban J connectivity index is 4.36. The van der Waals surface area contributed by atoms with E-state index in [0.29, 0.717) is 12.8 Å². The number of hydrogen-bond acceptors (Lipinski definition) is 23. The van der Waals surface area contributed by atoms with Crippen LogP contribution < -0.4 is 0 Å². The van der Waals surface area contributed by atoms with Crippen LogP contribution in [0.5, 0.6) is 0 Å². The highest BCUT2D eigenvalue weighted by Crippen LogP contribution is 2.10. The third-order valence-corrected chi connectivity index (χ3v) is 9.99. The lowest BCUT2D eigenvalue weighted by Gasteiger charge is -2.21. The molecule has 71 heavy (non-hydrogen) atoms. The fraction of sp³-hybridized carbons (Fsp3) is 0.958. The predicted octanol–water partition coefficient (Wildman–Crippen LogP) is -0.668. The molecule has 0 amide bonds. The Morgan fingerprint density at radius 2 is 0.549 bits per heavy atom. The molecule has 0 spiro atoms. The van der Waals surface area contributed by atoms with Crippen LogP contribution in [0.15, 0.2) is 0 Å². The van der Waals surface area contributed by atoms with Crippen LogP contribution in [-0.4, -0.2) is 256 Å². The molecule has 10 unspecified atom stereocenters. The molecule has 0 saturated heterocycles. The smallest absolute Gasteiger partial charge is 0.306 e. The number of ether oxygens (including phenoxy) is 11. The summed E-state index contributed by atoms with van der Waals surface area (Å²) in [6.07, 6.45) is 2.37. The molecule has 10 N–H and O–H groups in total. The summed E-state index contributed by atoms with van der Waals surface area (Å²) < 4.78 is 58.6. The van der Waals surface area contributed by atoms with Gasteiger partial charge in [-0.2, -0.15) is 0 Å². The summed E-state index contributed by atoms with van der Waals surface area (Å²) in [5.41, 5.74) is 0. The number of aliphatic hydroxyl groups is 10. The zero-order valence-corrected chi connectivity index (χ0v) is 42.6. The zero-order valence-electron chi connectivity index (χ0n) is 42.6. The van der Waals surface area contributed by atoms with Crippen molar-refractivity contribution in [2.24, 2.45) is 0 Å². The minimum Gasteiger partial charge on any atom is -0.463 e. The average Bonchev–Trinajstić information content (AvgIpc) is 3.32. The van der Waals surface area contributed by atoms with Gasteiger partial charge in [0.2, 0.25) is 0 Å². The Hall–Kier alpha value is -1.82. The second-order valence-corrected chi connectivity index (χ2v) is 17.7. The molecular formula is C48H94O23. The van der Waals surface area contributed by atoms with Crippen LogP contribution in [-0.2, 0) is 61.7 Å². The highest BCUT2D eigenvalue weighted by molar-refractivity contribution is 5.69. The molecule has 0 rings (SSSR count). The maximum absolute atomic E-state index is 12.6. The average molecular weight is 1040 g/mol. The van der Waals surface area contributed by atoms with Crippen LogP contribution in [0.4, 0.5) is 0 Å². The lowest BCUT2D eigenvalue weighted by molar-refractivity contribution is -0.158. The van der Waals surface area contributed by atoms with Crippen molar-refractivity contribution in [3.8, 4) is 0 Å². The summed E-state index contributed by atoms with van der Waals surface area (Å²) in [7, 11) is 0. The summed E-state index contributed by atoms with van der Waals surface area (Å²) in [6.45, 7) is 0.560. The first-order valence-electron chi connectivity index (χ1n) is 25.5. The van der Waals surface area contributed by atoms with E-state index in [1.54, 1.807) is 0 Å². The molecule has 0 aliphatic rings. The van der Waals surface area contributed by atoms with E-state index in [0.717, 1.165) is 51.4 Å². The van der Waals surface area contributed by atoms with Crippen molar-refractivity contribution in [2.75, 3.05) is 132 Å². The zero-order chi connectivity index (χ0) is 52.7. The van der Waals surface area contributed by atoms with Gasteiger partial charge >= 0.3 is 11.9 Å². The number of hydrogen-bond donors (Lipinski definition) is 10. The third kappa shape index (κ3) is 47.6. The number of unbranched alkanes of at least 4 members (excludes halogenated alkanes) is 10. The largest absolute Gasteiger partial charge is 0.463 e. The van der Waals surface area contributed by atoms with Gasteiger partial charge in [0, 0.05) is 12.8 Å². The molecule has 0 aromatic carbocycles. The molecule has 0 bridgehead atoms. The number of carbonyl (C=O) groups is 2. The highest BCUT2D eigenvalue weighted by atomic mass is 16.6. The Morgan fingerprint density at radius 3 is 0.845 bits per heavy atom. The molecule has 0 aliphatic heterocycles. The van der Waals surface area contributed by atoms with Gasteiger partial charge in [-0.25, -0.2) is 0 Å². The molecule has 23 heteroatoms. The second kappa shape index (κ2) is 49.1. The summed E-state index contributed by atoms with van der Waals surface area (Å²) >= 11 is 0. The van der Waals surface area contributed by atoms with Crippen molar-refractivity contribution in [3.63, 3.8) is 0 Å². The van der Waals surface area contributed by atoms with Crippen LogP contribution in [0.1, 0.15) is 104 Å². The molecule has 0 radical (unpaired) electrons. The molecule has 424 valence electrons. The standard InChI is InChI=1S/C48H94O23/c1-3-5-7-9-10-12-13-15-47(59)70-34-45(58)33-67-28-42(55)27-66-30-44(57)32-69-36-46(71-48(60)16-14-11-8-6-4-2)35-68-31-43(56)29-65-26-41(54)25-64-24-40(53)23-63-22-39(52)21-62-20-38(51)19-61-18-37(50)17-49/h37-46,49-58H,3-36H2,1-2H3. The molecule has 0 saturated carbocycles. The van der Waals surface area contributed by atoms with Gasteiger partial charge in [0.15, 0.2) is 0 Å². The summed E-state index contributed by atoms with van der Waals surface area (Å²) in [5, 5.41) is 98.9. The highest BCUT2D eigenvalue weighted by Gasteiger charge is 2.19. The molecule has 0 fully saturated rings. The lowest BCUT2D eigenvalue weighted by Crippen LogP contribution is -2.33.